The van der Waals surface area contributed by atoms with E-state index in [2.05, 4.69) is 4.90 Å². The number of hydrogen-bond acceptors (Lipinski definition) is 6. The number of aliphatic hydroxyl groups is 1. The van der Waals surface area contributed by atoms with E-state index >= 15 is 0 Å². The molecule has 2 aliphatic heterocycles. The van der Waals surface area contributed by atoms with Crippen molar-refractivity contribution in [3.8, 4) is 5.75 Å². The zero-order chi connectivity index (χ0) is 23.5. The lowest BCUT2D eigenvalue weighted by Gasteiger charge is -2.31. The molecule has 2 aliphatic rings. The van der Waals surface area contributed by atoms with E-state index in [0.29, 0.717) is 53.2 Å². The van der Waals surface area contributed by atoms with Gasteiger partial charge in [-0.05, 0) is 42.0 Å². The van der Waals surface area contributed by atoms with Crippen LogP contribution in [0.2, 0.25) is 10.0 Å². The van der Waals surface area contributed by atoms with Gasteiger partial charge in [0.2, 0.25) is 0 Å². The normalized spacial score (nSPS) is 20.9. The van der Waals surface area contributed by atoms with E-state index in [9.17, 15) is 14.7 Å². The van der Waals surface area contributed by atoms with Crippen molar-refractivity contribution in [3.05, 3.63) is 69.2 Å². The van der Waals surface area contributed by atoms with Crippen LogP contribution in [0.5, 0.6) is 5.75 Å². The van der Waals surface area contributed by atoms with Crippen molar-refractivity contribution < 1.29 is 24.2 Å². The van der Waals surface area contributed by atoms with Gasteiger partial charge in [-0.2, -0.15) is 0 Å². The molecule has 174 valence electrons. The van der Waals surface area contributed by atoms with Crippen molar-refractivity contribution >= 4 is 40.7 Å². The van der Waals surface area contributed by atoms with Gasteiger partial charge in [-0.1, -0.05) is 29.3 Å². The van der Waals surface area contributed by atoms with E-state index in [1.807, 2.05) is 0 Å². The lowest BCUT2D eigenvalue weighted by molar-refractivity contribution is -0.140. The lowest BCUT2D eigenvalue weighted by atomic mass is 9.95. The van der Waals surface area contributed by atoms with E-state index < -0.39 is 17.7 Å². The number of carbonyl (C=O) groups is 2. The van der Waals surface area contributed by atoms with Gasteiger partial charge in [0.05, 0.1) is 42.0 Å². The molecular weight excluding hydrogens is 467 g/mol. The summed E-state index contributed by atoms with van der Waals surface area (Å²) in [6.45, 7) is 3.67. The van der Waals surface area contributed by atoms with Crippen LogP contribution < -0.4 is 4.74 Å². The third kappa shape index (κ3) is 4.87. The summed E-state index contributed by atoms with van der Waals surface area (Å²) in [6, 6.07) is 10.8. The van der Waals surface area contributed by atoms with Gasteiger partial charge in [0.1, 0.15) is 11.5 Å². The third-order valence-electron chi connectivity index (χ3n) is 5.92. The van der Waals surface area contributed by atoms with Crippen LogP contribution in [0.15, 0.2) is 48.0 Å². The smallest absolute Gasteiger partial charge is 0.295 e. The van der Waals surface area contributed by atoms with Gasteiger partial charge in [-0.25, -0.2) is 0 Å². The number of morpholine rings is 1. The van der Waals surface area contributed by atoms with Crippen LogP contribution in [-0.2, 0) is 14.3 Å². The number of nitrogens with zero attached hydrogens (tertiary/aromatic N) is 2. The fourth-order valence-corrected chi connectivity index (χ4v) is 4.42. The molecule has 0 bridgehead atoms. The second kappa shape index (κ2) is 10.1. The van der Waals surface area contributed by atoms with Gasteiger partial charge in [-0.3, -0.25) is 14.5 Å². The number of methoxy groups -OCH3 is 1. The first-order chi connectivity index (χ1) is 15.9. The van der Waals surface area contributed by atoms with E-state index in [1.165, 1.54) is 4.90 Å². The maximum absolute atomic E-state index is 13.1. The van der Waals surface area contributed by atoms with Crippen molar-refractivity contribution in [2.45, 2.75) is 6.04 Å². The lowest BCUT2D eigenvalue weighted by Crippen LogP contribution is -2.42. The number of ether oxygens (including phenoxy) is 2. The summed E-state index contributed by atoms with van der Waals surface area (Å²) >= 11 is 12.4. The molecule has 2 heterocycles. The Kier molecular flexibility index (Phi) is 7.24. The maximum atomic E-state index is 13.1. The molecule has 1 N–H and O–H groups in total. The topological polar surface area (TPSA) is 79.3 Å². The second-order valence-corrected chi connectivity index (χ2v) is 8.66. The number of halogens is 2. The number of aliphatic hydroxyl groups excluding tert-OH is 1. The summed E-state index contributed by atoms with van der Waals surface area (Å²) in [7, 11) is 1.54. The molecule has 9 heteroatoms. The van der Waals surface area contributed by atoms with Gasteiger partial charge in [0.15, 0.2) is 0 Å². The summed E-state index contributed by atoms with van der Waals surface area (Å²) in [5.41, 5.74) is 1.03. The first-order valence-corrected chi connectivity index (χ1v) is 11.3. The summed E-state index contributed by atoms with van der Waals surface area (Å²) in [5.74, 6) is -1.03. The average Bonchev–Trinajstić information content (AvgIpc) is 3.09. The molecule has 2 aromatic carbocycles. The van der Waals surface area contributed by atoms with Crippen molar-refractivity contribution in [2.24, 2.45) is 0 Å². The first kappa shape index (κ1) is 23.6. The molecule has 0 aliphatic carbocycles. The van der Waals surface area contributed by atoms with E-state index in [4.69, 9.17) is 32.7 Å². The molecule has 0 spiro atoms. The Morgan fingerprint density at radius 3 is 2.39 bits per heavy atom. The van der Waals surface area contributed by atoms with Crippen molar-refractivity contribution in [1.29, 1.82) is 0 Å². The molecular formula is C24H24Cl2N2O5. The number of amides is 1. The van der Waals surface area contributed by atoms with Crippen LogP contribution in [0.1, 0.15) is 17.2 Å². The van der Waals surface area contributed by atoms with Crippen molar-refractivity contribution in [2.75, 3.05) is 46.5 Å². The fraction of sp³-hybridized carbons (Fsp3) is 0.333. The van der Waals surface area contributed by atoms with Crippen LogP contribution in [-0.4, -0.2) is 73.1 Å². The monoisotopic (exact) mass is 490 g/mol. The maximum Gasteiger partial charge on any atom is 0.295 e. The molecule has 4 rings (SSSR count). The predicted octanol–water partition coefficient (Wildman–Crippen LogP) is 3.76. The summed E-state index contributed by atoms with van der Waals surface area (Å²) < 4.78 is 10.6. The van der Waals surface area contributed by atoms with Crippen LogP contribution in [0.3, 0.4) is 0 Å². The largest absolute Gasteiger partial charge is 0.507 e. The molecule has 7 nitrogen and oxygen atoms in total. The van der Waals surface area contributed by atoms with Crippen LogP contribution in [0.25, 0.3) is 5.76 Å². The minimum atomic E-state index is -0.789. The average molecular weight is 491 g/mol. The quantitative estimate of drug-likeness (QED) is 0.377. The van der Waals surface area contributed by atoms with Crippen LogP contribution >= 0.6 is 23.2 Å². The highest BCUT2D eigenvalue weighted by atomic mass is 35.5. The molecule has 2 fully saturated rings. The van der Waals surface area contributed by atoms with E-state index in [-0.39, 0.29) is 11.3 Å². The minimum Gasteiger partial charge on any atom is -0.507 e. The molecule has 1 unspecified atom stereocenters. The zero-order valence-electron chi connectivity index (χ0n) is 18.1. The predicted molar refractivity (Wildman–Crippen MR) is 126 cm³/mol. The number of ketones is 1. The molecule has 0 radical (unpaired) electrons. The highest BCUT2D eigenvalue weighted by molar-refractivity contribution is 6.46. The van der Waals surface area contributed by atoms with Crippen LogP contribution in [0, 0.1) is 0 Å². The number of Topliss-reactive ketones (excluding diaryl/α,β-unsaturated/α-hetero) is 1. The van der Waals surface area contributed by atoms with Crippen molar-refractivity contribution in [3.63, 3.8) is 0 Å². The Morgan fingerprint density at radius 2 is 1.76 bits per heavy atom. The Balaban J connectivity index is 1.74. The van der Waals surface area contributed by atoms with Gasteiger partial charge < -0.3 is 19.5 Å². The van der Waals surface area contributed by atoms with Gasteiger partial charge >= 0.3 is 0 Å². The minimum absolute atomic E-state index is 0.0190. The molecule has 2 saturated heterocycles. The van der Waals surface area contributed by atoms with Gasteiger partial charge in [0, 0.05) is 31.7 Å². The number of likely N-dealkylation sites (tertiary alicyclic amines) is 1. The molecule has 2 aromatic rings. The van der Waals surface area contributed by atoms with Crippen LogP contribution in [0.4, 0.5) is 0 Å². The summed E-state index contributed by atoms with van der Waals surface area (Å²) in [5, 5.41) is 11.8. The van der Waals surface area contributed by atoms with Gasteiger partial charge in [0.25, 0.3) is 11.7 Å². The number of benzene rings is 2. The van der Waals surface area contributed by atoms with E-state index in [1.54, 1.807) is 49.6 Å². The first-order valence-electron chi connectivity index (χ1n) is 10.6. The molecule has 0 aromatic heterocycles. The van der Waals surface area contributed by atoms with Crippen molar-refractivity contribution in [1.82, 2.24) is 9.80 Å². The SMILES string of the molecule is COc1ccc(C(O)=C2C(=O)C(=O)N(CCN3CCOCC3)C2c2ccc(Cl)c(Cl)c2)cc1. The molecule has 1 atom stereocenters. The Bertz CT molecular complexity index is 1080. The zero-order valence-corrected chi connectivity index (χ0v) is 19.6. The summed E-state index contributed by atoms with van der Waals surface area (Å²) in [4.78, 5) is 29.9. The molecule has 0 saturated carbocycles. The Hall–Kier alpha value is -2.58. The summed E-state index contributed by atoms with van der Waals surface area (Å²) in [6.07, 6.45) is 0. The Labute approximate surface area is 202 Å². The highest BCUT2D eigenvalue weighted by Crippen LogP contribution is 2.41. The molecule has 1 amide bonds. The fourth-order valence-electron chi connectivity index (χ4n) is 4.12. The third-order valence-corrected chi connectivity index (χ3v) is 6.66. The van der Waals surface area contributed by atoms with Gasteiger partial charge in [-0.15, -0.1) is 0 Å². The number of hydrogen-bond donors (Lipinski definition) is 1. The highest BCUT2D eigenvalue weighted by Gasteiger charge is 2.46. The standard InChI is InChI=1S/C24H24Cl2N2O5/c1-32-17-5-2-15(3-6-17)22(29)20-21(16-4-7-18(25)19(26)14-16)28(24(31)23(20)30)9-8-27-10-12-33-13-11-27/h2-7,14,21,29H,8-13H2,1H3. The second-order valence-electron chi connectivity index (χ2n) is 7.85. The Morgan fingerprint density at radius 1 is 1.06 bits per heavy atom. The molecule has 33 heavy (non-hydrogen) atoms. The number of rotatable bonds is 6. The van der Waals surface area contributed by atoms with E-state index in [0.717, 1.165) is 13.1 Å². The number of carbonyl (C=O) groups excluding carboxylic acids is 2.